The van der Waals surface area contributed by atoms with Gasteiger partial charge in [-0.15, -0.1) is 0 Å². The summed E-state index contributed by atoms with van der Waals surface area (Å²) in [7, 11) is 3.19. The maximum Gasteiger partial charge on any atom is 0.124 e. The molecule has 0 spiro atoms. The number of hydrogen-bond donors (Lipinski definition) is 2. The number of halogens is 1. The second-order valence-electron chi connectivity index (χ2n) is 5.74. The Morgan fingerprint density at radius 2 is 1.88 bits per heavy atom. The van der Waals surface area contributed by atoms with Crippen LogP contribution in [0.15, 0.2) is 42.5 Å². The molecule has 0 saturated heterocycles. The molecular formula is C19H24ClNO3. The van der Waals surface area contributed by atoms with Crippen LogP contribution in [0.3, 0.4) is 0 Å². The maximum absolute atomic E-state index is 10.5. The number of aliphatic hydroxyl groups is 1. The van der Waals surface area contributed by atoms with Crippen molar-refractivity contribution in [2.45, 2.75) is 18.9 Å². The maximum atomic E-state index is 10.5. The molecule has 2 aromatic carbocycles. The largest absolute Gasteiger partial charge is 0.497 e. The van der Waals surface area contributed by atoms with Crippen molar-refractivity contribution in [2.75, 3.05) is 27.3 Å². The second-order valence-corrected chi connectivity index (χ2v) is 6.17. The van der Waals surface area contributed by atoms with E-state index in [2.05, 4.69) is 18.3 Å². The quantitative estimate of drug-likeness (QED) is 0.761. The first-order valence-electron chi connectivity index (χ1n) is 7.91. The number of benzene rings is 2. The van der Waals surface area contributed by atoms with Gasteiger partial charge in [-0.2, -0.15) is 0 Å². The number of hydrogen-bond acceptors (Lipinski definition) is 4. The standard InChI is InChI=1S/C19H24ClNO3/c1-13(14-5-4-6-15(20)9-14)11-21-12-18(22)17-10-16(23-2)7-8-19(17)24-3/h4-10,13,18,21-22H,11-12H2,1-3H3. The summed E-state index contributed by atoms with van der Waals surface area (Å²) in [5.41, 5.74) is 1.88. The Balaban J connectivity index is 1.94. The Bertz CT molecular complexity index is 663. The van der Waals surface area contributed by atoms with E-state index in [-0.39, 0.29) is 0 Å². The van der Waals surface area contributed by atoms with Crippen LogP contribution in [-0.2, 0) is 0 Å². The van der Waals surface area contributed by atoms with E-state index in [9.17, 15) is 5.11 Å². The fraction of sp³-hybridized carbons (Fsp3) is 0.368. The Labute approximate surface area is 148 Å². The first kappa shape index (κ1) is 18.6. The van der Waals surface area contributed by atoms with Crippen LogP contribution >= 0.6 is 11.6 Å². The molecule has 2 atom stereocenters. The smallest absolute Gasteiger partial charge is 0.124 e. The summed E-state index contributed by atoms with van der Waals surface area (Å²) in [6, 6.07) is 13.2. The third kappa shape index (κ3) is 4.87. The van der Waals surface area contributed by atoms with Gasteiger partial charge in [0.15, 0.2) is 0 Å². The summed E-state index contributed by atoms with van der Waals surface area (Å²) in [5, 5.41) is 14.5. The third-order valence-electron chi connectivity index (χ3n) is 4.00. The minimum absolute atomic E-state index is 0.295. The van der Waals surface area contributed by atoms with Gasteiger partial charge in [-0.1, -0.05) is 30.7 Å². The van der Waals surface area contributed by atoms with Gasteiger partial charge in [0.05, 0.1) is 20.3 Å². The van der Waals surface area contributed by atoms with Crippen molar-refractivity contribution in [3.8, 4) is 11.5 Å². The molecule has 0 aliphatic rings. The molecule has 0 aliphatic heterocycles. The molecule has 0 heterocycles. The van der Waals surface area contributed by atoms with Gasteiger partial charge in [0.2, 0.25) is 0 Å². The normalized spacial score (nSPS) is 13.4. The molecule has 2 N–H and O–H groups in total. The fourth-order valence-corrected chi connectivity index (χ4v) is 2.78. The number of rotatable bonds is 8. The summed E-state index contributed by atoms with van der Waals surface area (Å²) in [6.45, 7) is 3.29. The first-order valence-corrected chi connectivity index (χ1v) is 8.29. The second kappa shape index (κ2) is 8.92. The molecule has 5 heteroatoms. The predicted molar refractivity (Wildman–Crippen MR) is 97.2 cm³/mol. The predicted octanol–water partition coefficient (Wildman–Crippen LogP) is 3.78. The zero-order chi connectivity index (χ0) is 17.5. The fourth-order valence-electron chi connectivity index (χ4n) is 2.58. The molecule has 0 fully saturated rings. The summed E-state index contributed by atoms with van der Waals surface area (Å²) < 4.78 is 10.5. The highest BCUT2D eigenvalue weighted by Gasteiger charge is 2.15. The summed E-state index contributed by atoms with van der Waals surface area (Å²) >= 11 is 6.03. The highest BCUT2D eigenvalue weighted by molar-refractivity contribution is 6.30. The van der Waals surface area contributed by atoms with Crippen LogP contribution in [0.5, 0.6) is 11.5 Å². The molecule has 0 aliphatic carbocycles. The lowest BCUT2D eigenvalue weighted by Gasteiger charge is -2.18. The van der Waals surface area contributed by atoms with Gasteiger partial charge in [-0.25, -0.2) is 0 Å². The SMILES string of the molecule is COc1ccc(OC)c(C(O)CNCC(C)c2cccc(Cl)c2)c1. The van der Waals surface area contributed by atoms with E-state index < -0.39 is 6.10 Å². The van der Waals surface area contributed by atoms with Gasteiger partial charge in [0.1, 0.15) is 11.5 Å². The van der Waals surface area contributed by atoms with Crippen LogP contribution in [0.4, 0.5) is 0 Å². The Morgan fingerprint density at radius 1 is 1.08 bits per heavy atom. The van der Waals surface area contributed by atoms with Gasteiger partial charge < -0.3 is 19.9 Å². The molecule has 4 nitrogen and oxygen atoms in total. The van der Waals surface area contributed by atoms with E-state index in [1.54, 1.807) is 26.4 Å². The Morgan fingerprint density at radius 3 is 2.54 bits per heavy atom. The van der Waals surface area contributed by atoms with Crippen LogP contribution in [0.1, 0.15) is 30.1 Å². The van der Waals surface area contributed by atoms with E-state index in [1.807, 2.05) is 24.3 Å². The molecule has 24 heavy (non-hydrogen) atoms. The molecule has 0 saturated carbocycles. The van der Waals surface area contributed by atoms with E-state index in [4.69, 9.17) is 21.1 Å². The monoisotopic (exact) mass is 349 g/mol. The minimum Gasteiger partial charge on any atom is -0.497 e. The molecule has 130 valence electrons. The first-order chi connectivity index (χ1) is 11.5. The van der Waals surface area contributed by atoms with E-state index in [0.717, 1.165) is 11.6 Å². The highest BCUT2D eigenvalue weighted by atomic mass is 35.5. The number of ether oxygens (including phenoxy) is 2. The summed E-state index contributed by atoms with van der Waals surface area (Å²) in [4.78, 5) is 0. The van der Waals surface area contributed by atoms with Gasteiger partial charge >= 0.3 is 0 Å². The van der Waals surface area contributed by atoms with E-state index >= 15 is 0 Å². The van der Waals surface area contributed by atoms with Crippen molar-refractivity contribution in [2.24, 2.45) is 0 Å². The van der Waals surface area contributed by atoms with Crippen LogP contribution in [0, 0.1) is 0 Å². The van der Waals surface area contributed by atoms with Crippen molar-refractivity contribution < 1.29 is 14.6 Å². The van der Waals surface area contributed by atoms with Crippen molar-refractivity contribution in [1.82, 2.24) is 5.32 Å². The van der Waals surface area contributed by atoms with Crippen LogP contribution in [-0.4, -0.2) is 32.4 Å². The van der Waals surface area contributed by atoms with E-state index in [1.165, 1.54) is 5.56 Å². The molecule has 2 aromatic rings. The van der Waals surface area contributed by atoms with Crippen molar-refractivity contribution in [3.63, 3.8) is 0 Å². The molecule has 0 bridgehead atoms. The lowest BCUT2D eigenvalue weighted by Crippen LogP contribution is -2.25. The van der Waals surface area contributed by atoms with Crippen LogP contribution in [0.25, 0.3) is 0 Å². The molecule has 0 radical (unpaired) electrons. The Hall–Kier alpha value is -1.75. The summed E-state index contributed by atoms with van der Waals surface area (Å²) in [6.07, 6.45) is -0.679. The highest BCUT2D eigenvalue weighted by Crippen LogP contribution is 2.29. The topological polar surface area (TPSA) is 50.7 Å². The number of aliphatic hydroxyl groups excluding tert-OH is 1. The molecule has 2 rings (SSSR count). The molecular weight excluding hydrogens is 326 g/mol. The average molecular weight is 350 g/mol. The van der Waals surface area contributed by atoms with Gasteiger partial charge in [-0.3, -0.25) is 0 Å². The lowest BCUT2D eigenvalue weighted by atomic mass is 10.0. The van der Waals surface area contributed by atoms with Crippen molar-refractivity contribution in [3.05, 3.63) is 58.6 Å². The summed E-state index contributed by atoms with van der Waals surface area (Å²) in [5.74, 6) is 1.63. The van der Waals surface area contributed by atoms with Crippen molar-refractivity contribution in [1.29, 1.82) is 0 Å². The van der Waals surface area contributed by atoms with Crippen LogP contribution in [0.2, 0.25) is 5.02 Å². The average Bonchev–Trinajstić information content (AvgIpc) is 2.60. The molecule has 0 aromatic heterocycles. The van der Waals surface area contributed by atoms with Gasteiger partial charge in [-0.05, 0) is 41.8 Å². The number of methoxy groups -OCH3 is 2. The zero-order valence-corrected chi connectivity index (χ0v) is 15.0. The molecule has 0 amide bonds. The van der Waals surface area contributed by atoms with Crippen LogP contribution < -0.4 is 14.8 Å². The van der Waals surface area contributed by atoms with Gasteiger partial charge in [0.25, 0.3) is 0 Å². The van der Waals surface area contributed by atoms with Crippen molar-refractivity contribution >= 4 is 11.6 Å². The minimum atomic E-state index is -0.679. The third-order valence-corrected chi connectivity index (χ3v) is 4.24. The van der Waals surface area contributed by atoms with E-state index in [0.29, 0.717) is 29.5 Å². The van der Waals surface area contributed by atoms with Gasteiger partial charge in [0, 0.05) is 23.7 Å². The zero-order valence-electron chi connectivity index (χ0n) is 14.3. The lowest BCUT2D eigenvalue weighted by molar-refractivity contribution is 0.169. The Kier molecular flexibility index (Phi) is 6.91. The number of nitrogens with one attached hydrogen (secondary N) is 1. The molecule has 2 unspecified atom stereocenters.